The van der Waals surface area contributed by atoms with Gasteiger partial charge in [0.15, 0.2) is 0 Å². The number of anilines is 1. The number of urea groups is 1. The van der Waals surface area contributed by atoms with Crippen LogP contribution in [0, 0.1) is 6.92 Å². The van der Waals surface area contributed by atoms with Gasteiger partial charge in [0, 0.05) is 24.6 Å². The van der Waals surface area contributed by atoms with Crippen LogP contribution < -0.4 is 10.6 Å². The third-order valence-electron chi connectivity index (χ3n) is 5.64. The number of amides is 2. The summed E-state index contributed by atoms with van der Waals surface area (Å²) in [5.41, 5.74) is 2.39. The van der Waals surface area contributed by atoms with E-state index >= 15 is 0 Å². The monoisotopic (exact) mass is 521 g/mol. The summed E-state index contributed by atoms with van der Waals surface area (Å²) in [5, 5.41) is 10.2. The van der Waals surface area contributed by atoms with Gasteiger partial charge in [-0.05, 0) is 40.5 Å². The molecular formula is C23H23BrF3N5O. The Labute approximate surface area is 197 Å². The molecule has 1 saturated heterocycles. The second kappa shape index (κ2) is 9.56. The van der Waals surface area contributed by atoms with E-state index in [2.05, 4.69) is 31.7 Å². The lowest BCUT2D eigenvalue weighted by Gasteiger charge is -2.21. The van der Waals surface area contributed by atoms with Crippen molar-refractivity contribution < 1.29 is 18.0 Å². The van der Waals surface area contributed by atoms with Crippen molar-refractivity contribution in [2.45, 2.75) is 25.1 Å². The summed E-state index contributed by atoms with van der Waals surface area (Å²) in [6, 6.07) is 17.6. The summed E-state index contributed by atoms with van der Waals surface area (Å²) >= 11 is 3.40. The standard InChI is InChI=1S/C23H23BrF3N5O/c1-15-20(24)30-32(17-10-6-3-7-11-17)21(15)29-22(33)28-19-13-31(14-23(25,26)27)12-18(19)16-8-4-2-5-9-16/h2-11,18-19H,12-14H2,1H3,(H2,28,29,33)/t18-,19+/m1/s1. The fraction of sp³-hybridized carbons (Fsp3) is 0.304. The molecule has 3 aromatic rings. The molecule has 0 unspecified atom stereocenters. The first-order valence-electron chi connectivity index (χ1n) is 10.4. The Bertz CT molecular complexity index is 1100. The molecule has 6 nitrogen and oxygen atoms in total. The maximum Gasteiger partial charge on any atom is 0.401 e. The lowest BCUT2D eigenvalue weighted by atomic mass is 9.94. The van der Waals surface area contributed by atoms with E-state index in [1.807, 2.05) is 67.6 Å². The van der Waals surface area contributed by atoms with E-state index in [-0.39, 0.29) is 19.0 Å². The number of nitrogens with zero attached hydrogens (tertiary/aromatic N) is 3. The molecule has 4 rings (SSSR count). The van der Waals surface area contributed by atoms with E-state index in [1.165, 1.54) is 4.90 Å². The molecule has 33 heavy (non-hydrogen) atoms. The van der Waals surface area contributed by atoms with Gasteiger partial charge in [-0.15, -0.1) is 0 Å². The van der Waals surface area contributed by atoms with Crippen LogP contribution in [0.3, 0.4) is 0 Å². The second-order valence-electron chi connectivity index (χ2n) is 8.04. The molecule has 0 spiro atoms. The Morgan fingerprint density at radius 2 is 1.73 bits per heavy atom. The zero-order chi connectivity index (χ0) is 23.6. The molecule has 2 amide bonds. The molecule has 2 aromatic carbocycles. The minimum absolute atomic E-state index is 0.104. The third kappa shape index (κ3) is 5.56. The van der Waals surface area contributed by atoms with Crippen LogP contribution in [0.4, 0.5) is 23.8 Å². The smallest absolute Gasteiger partial charge is 0.333 e. The van der Waals surface area contributed by atoms with Gasteiger partial charge in [0.25, 0.3) is 0 Å². The number of carbonyl (C=O) groups is 1. The van der Waals surface area contributed by atoms with Crippen LogP contribution in [0.25, 0.3) is 5.69 Å². The summed E-state index contributed by atoms with van der Waals surface area (Å²) < 4.78 is 41.2. The highest BCUT2D eigenvalue weighted by atomic mass is 79.9. The number of nitrogens with one attached hydrogen (secondary N) is 2. The summed E-state index contributed by atoms with van der Waals surface area (Å²) in [5.74, 6) is 0.221. The van der Waals surface area contributed by atoms with E-state index in [0.29, 0.717) is 10.4 Å². The highest BCUT2D eigenvalue weighted by Crippen LogP contribution is 2.31. The van der Waals surface area contributed by atoms with Gasteiger partial charge in [-0.25, -0.2) is 9.48 Å². The molecule has 0 saturated carbocycles. The molecule has 2 atom stereocenters. The predicted molar refractivity (Wildman–Crippen MR) is 124 cm³/mol. The van der Waals surface area contributed by atoms with Gasteiger partial charge < -0.3 is 5.32 Å². The van der Waals surface area contributed by atoms with Crippen molar-refractivity contribution in [1.82, 2.24) is 20.0 Å². The van der Waals surface area contributed by atoms with Gasteiger partial charge in [0.05, 0.1) is 18.3 Å². The largest absolute Gasteiger partial charge is 0.401 e. The number of alkyl halides is 3. The summed E-state index contributed by atoms with van der Waals surface area (Å²) in [4.78, 5) is 14.3. The number of likely N-dealkylation sites (tertiary alicyclic amines) is 1. The lowest BCUT2D eigenvalue weighted by Crippen LogP contribution is -2.43. The van der Waals surface area contributed by atoms with Crippen LogP contribution in [0.1, 0.15) is 17.0 Å². The third-order valence-corrected chi connectivity index (χ3v) is 6.39. The van der Waals surface area contributed by atoms with E-state index in [4.69, 9.17) is 0 Å². The first-order chi connectivity index (χ1) is 15.7. The van der Waals surface area contributed by atoms with Gasteiger partial charge in [0.1, 0.15) is 10.4 Å². The van der Waals surface area contributed by atoms with Crippen LogP contribution in [0.5, 0.6) is 0 Å². The van der Waals surface area contributed by atoms with Crippen molar-refractivity contribution in [2.75, 3.05) is 25.0 Å². The number of carbonyl (C=O) groups excluding carboxylic acids is 1. The fourth-order valence-corrected chi connectivity index (χ4v) is 4.48. The van der Waals surface area contributed by atoms with Crippen LogP contribution in [0.15, 0.2) is 65.3 Å². The molecular weight excluding hydrogens is 499 g/mol. The van der Waals surface area contributed by atoms with E-state index in [1.54, 1.807) is 4.68 Å². The van der Waals surface area contributed by atoms with E-state index < -0.39 is 24.8 Å². The van der Waals surface area contributed by atoms with Crippen molar-refractivity contribution >= 4 is 27.8 Å². The van der Waals surface area contributed by atoms with Crippen LogP contribution in [-0.4, -0.2) is 52.6 Å². The predicted octanol–water partition coefficient (Wildman–Crippen LogP) is 5.10. The lowest BCUT2D eigenvalue weighted by molar-refractivity contribution is -0.143. The molecule has 0 bridgehead atoms. The quantitative estimate of drug-likeness (QED) is 0.491. The summed E-state index contributed by atoms with van der Waals surface area (Å²) in [7, 11) is 0. The summed E-state index contributed by atoms with van der Waals surface area (Å²) in [6.45, 7) is 1.12. The number of hydrogen-bond acceptors (Lipinski definition) is 3. The molecule has 1 fully saturated rings. The molecule has 2 N–H and O–H groups in total. The fourth-order valence-electron chi connectivity index (χ4n) is 4.14. The minimum atomic E-state index is -4.30. The molecule has 10 heteroatoms. The Hall–Kier alpha value is -2.85. The number of para-hydroxylation sites is 1. The topological polar surface area (TPSA) is 62.2 Å². The second-order valence-corrected chi connectivity index (χ2v) is 8.79. The number of benzene rings is 2. The Morgan fingerprint density at radius 3 is 2.36 bits per heavy atom. The number of aromatic nitrogens is 2. The molecule has 1 aromatic heterocycles. The maximum atomic E-state index is 13.0. The average Bonchev–Trinajstić information content (AvgIpc) is 3.29. The molecule has 174 valence electrons. The normalized spacial score (nSPS) is 18.9. The van der Waals surface area contributed by atoms with Crippen molar-refractivity contribution in [3.05, 3.63) is 76.4 Å². The van der Waals surface area contributed by atoms with Crippen LogP contribution >= 0.6 is 15.9 Å². The zero-order valence-electron chi connectivity index (χ0n) is 17.8. The Kier molecular flexibility index (Phi) is 6.76. The van der Waals surface area contributed by atoms with E-state index in [0.717, 1.165) is 16.8 Å². The first-order valence-corrected chi connectivity index (χ1v) is 11.2. The maximum absolute atomic E-state index is 13.0. The van der Waals surface area contributed by atoms with Crippen molar-refractivity contribution in [2.24, 2.45) is 0 Å². The van der Waals surface area contributed by atoms with Crippen molar-refractivity contribution in [3.63, 3.8) is 0 Å². The summed E-state index contributed by atoms with van der Waals surface area (Å²) in [6.07, 6.45) is -4.30. The van der Waals surface area contributed by atoms with Crippen LogP contribution in [-0.2, 0) is 0 Å². The van der Waals surface area contributed by atoms with Gasteiger partial charge in [-0.1, -0.05) is 48.5 Å². The van der Waals surface area contributed by atoms with Crippen molar-refractivity contribution in [1.29, 1.82) is 0 Å². The number of halogens is 4. The van der Waals surface area contributed by atoms with Gasteiger partial charge >= 0.3 is 12.2 Å². The number of rotatable bonds is 5. The first kappa shape index (κ1) is 23.3. The zero-order valence-corrected chi connectivity index (χ0v) is 19.4. The van der Waals surface area contributed by atoms with Gasteiger partial charge in [0.2, 0.25) is 0 Å². The average molecular weight is 522 g/mol. The Morgan fingerprint density at radius 1 is 1.09 bits per heavy atom. The SMILES string of the molecule is Cc1c(Br)nn(-c2ccccc2)c1NC(=O)N[C@H]1CN(CC(F)(F)F)C[C@@H]1c1ccccc1. The highest BCUT2D eigenvalue weighted by Gasteiger charge is 2.40. The molecule has 2 heterocycles. The molecule has 1 aliphatic heterocycles. The van der Waals surface area contributed by atoms with Crippen LogP contribution in [0.2, 0.25) is 0 Å². The van der Waals surface area contributed by atoms with E-state index in [9.17, 15) is 18.0 Å². The molecule has 0 radical (unpaired) electrons. The Balaban J connectivity index is 1.53. The van der Waals surface area contributed by atoms with Crippen molar-refractivity contribution in [3.8, 4) is 5.69 Å². The molecule has 1 aliphatic rings. The highest BCUT2D eigenvalue weighted by molar-refractivity contribution is 9.10. The number of hydrogen-bond donors (Lipinski definition) is 2. The minimum Gasteiger partial charge on any atom is -0.333 e. The molecule has 0 aliphatic carbocycles. The van der Waals surface area contributed by atoms with Gasteiger partial charge in [-0.2, -0.15) is 18.3 Å². The van der Waals surface area contributed by atoms with Gasteiger partial charge in [-0.3, -0.25) is 10.2 Å².